The molecule has 140 valence electrons. The lowest BCUT2D eigenvalue weighted by molar-refractivity contribution is -0.113. The van der Waals surface area contributed by atoms with Crippen molar-refractivity contribution < 1.29 is 9.21 Å². The number of nitrogens with one attached hydrogen (secondary N) is 1. The third-order valence-corrected chi connectivity index (χ3v) is 5.04. The van der Waals surface area contributed by atoms with Crippen LogP contribution in [0.3, 0.4) is 0 Å². The molecule has 0 unspecified atom stereocenters. The Hall–Kier alpha value is -3.32. The van der Waals surface area contributed by atoms with Crippen molar-refractivity contribution in [1.29, 1.82) is 0 Å². The molecule has 0 saturated heterocycles. The number of nitrogens with zero attached hydrogens (tertiary/aromatic N) is 3. The molecule has 0 aliphatic rings. The Kier molecular flexibility index (Phi) is 5.53. The molecular weight excluding hydrogens is 372 g/mol. The second-order valence-electron chi connectivity index (χ2n) is 6.09. The molecular formula is C21H18N4O2S. The fourth-order valence-corrected chi connectivity index (χ4v) is 3.50. The number of carbonyl (C=O) groups excluding carboxylic acids is 1. The summed E-state index contributed by atoms with van der Waals surface area (Å²) in [5.74, 6) is 0.867. The lowest BCUT2D eigenvalue weighted by atomic mass is 10.2. The van der Waals surface area contributed by atoms with Crippen LogP contribution in [-0.4, -0.2) is 26.4 Å². The van der Waals surface area contributed by atoms with Crippen molar-refractivity contribution in [2.45, 2.75) is 11.7 Å². The van der Waals surface area contributed by atoms with Crippen LogP contribution in [-0.2, 0) is 11.3 Å². The van der Waals surface area contributed by atoms with Gasteiger partial charge in [-0.05, 0) is 23.8 Å². The van der Waals surface area contributed by atoms with Gasteiger partial charge in [-0.25, -0.2) is 0 Å². The van der Waals surface area contributed by atoms with E-state index in [1.54, 1.807) is 12.5 Å². The maximum Gasteiger partial charge on any atom is 0.234 e. The molecule has 0 atom stereocenters. The van der Waals surface area contributed by atoms with Gasteiger partial charge in [0.25, 0.3) is 0 Å². The Labute approximate surface area is 166 Å². The fraction of sp³-hybridized carbons (Fsp3) is 0.0952. The highest BCUT2D eigenvalue weighted by molar-refractivity contribution is 7.99. The number of hydrogen-bond donors (Lipinski definition) is 1. The van der Waals surface area contributed by atoms with Crippen molar-refractivity contribution in [3.05, 3.63) is 84.8 Å². The molecule has 0 bridgehead atoms. The zero-order chi connectivity index (χ0) is 19.2. The summed E-state index contributed by atoms with van der Waals surface area (Å²) in [4.78, 5) is 12.3. The van der Waals surface area contributed by atoms with Crippen molar-refractivity contribution in [3.63, 3.8) is 0 Å². The van der Waals surface area contributed by atoms with Gasteiger partial charge in [0.2, 0.25) is 5.91 Å². The van der Waals surface area contributed by atoms with Crippen molar-refractivity contribution in [3.8, 4) is 11.4 Å². The predicted octanol–water partition coefficient (Wildman–Crippen LogP) is 4.32. The first-order chi connectivity index (χ1) is 13.8. The monoisotopic (exact) mass is 390 g/mol. The first-order valence-corrected chi connectivity index (χ1v) is 9.75. The van der Waals surface area contributed by atoms with E-state index in [2.05, 4.69) is 27.6 Å². The summed E-state index contributed by atoms with van der Waals surface area (Å²) >= 11 is 1.36. The molecule has 0 fully saturated rings. The summed E-state index contributed by atoms with van der Waals surface area (Å²) in [6.07, 6.45) is 3.25. The second-order valence-corrected chi connectivity index (χ2v) is 7.04. The van der Waals surface area contributed by atoms with Gasteiger partial charge in [-0.2, -0.15) is 0 Å². The topological polar surface area (TPSA) is 73.0 Å². The highest BCUT2D eigenvalue weighted by Crippen LogP contribution is 2.25. The molecule has 0 spiro atoms. The van der Waals surface area contributed by atoms with Crippen LogP contribution in [0.25, 0.3) is 11.4 Å². The predicted molar refractivity (Wildman–Crippen MR) is 109 cm³/mol. The number of hydrogen-bond acceptors (Lipinski definition) is 5. The van der Waals surface area contributed by atoms with E-state index in [1.165, 1.54) is 11.8 Å². The molecule has 6 nitrogen and oxygen atoms in total. The molecule has 0 aliphatic carbocycles. The van der Waals surface area contributed by atoms with Crippen LogP contribution in [0.4, 0.5) is 5.69 Å². The smallest absolute Gasteiger partial charge is 0.234 e. The highest BCUT2D eigenvalue weighted by Gasteiger charge is 2.17. The molecule has 0 saturated carbocycles. The van der Waals surface area contributed by atoms with Crippen LogP contribution in [0.2, 0.25) is 0 Å². The molecule has 1 N–H and O–H groups in total. The van der Waals surface area contributed by atoms with Gasteiger partial charge in [-0.1, -0.05) is 60.3 Å². The molecule has 0 aliphatic heterocycles. The quantitative estimate of drug-likeness (QED) is 0.476. The van der Waals surface area contributed by atoms with Gasteiger partial charge in [0.05, 0.1) is 24.1 Å². The van der Waals surface area contributed by atoms with Crippen molar-refractivity contribution >= 4 is 23.4 Å². The zero-order valence-electron chi connectivity index (χ0n) is 15.0. The Morgan fingerprint density at radius 1 is 1.00 bits per heavy atom. The van der Waals surface area contributed by atoms with E-state index in [0.29, 0.717) is 17.5 Å². The summed E-state index contributed by atoms with van der Waals surface area (Å²) in [5, 5.41) is 12.2. The summed E-state index contributed by atoms with van der Waals surface area (Å²) in [6, 6.07) is 21.3. The molecule has 1 amide bonds. The molecule has 7 heteroatoms. The van der Waals surface area contributed by atoms with Gasteiger partial charge in [-0.15, -0.1) is 10.2 Å². The van der Waals surface area contributed by atoms with E-state index >= 15 is 0 Å². The van der Waals surface area contributed by atoms with Gasteiger partial charge in [-0.3, -0.25) is 9.36 Å². The van der Waals surface area contributed by atoms with Crippen molar-refractivity contribution in [2.75, 3.05) is 11.1 Å². The summed E-state index contributed by atoms with van der Waals surface area (Å²) in [5.41, 5.74) is 2.75. The molecule has 2 heterocycles. The standard InChI is InChI=1S/C21H18N4O2S/c26-19(22-18-9-5-2-6-10-18)15-28-21-24-23-20(17-11-12-27-14-17)25(21)13-16-7-3-1-4-8-16/h1-12,14H,13,15H2,(H,22,26). The second kappa shape index (κ2) is 8.58. The van der Waals surface area contributed by atoms with E-state index < -0.39 is 0 Å². The minimum atomic E-state index is -0.0877. The molecule has 28 heavy (non-hydrogen) atoms. The molecule has 2 aromatic heterocycles. The maximum absolute atomic E-state index is 12.3. The van der Waals surface area contributed by atoms with E-state index in [4.69, 9.17) is 4.42 Å². The Balaban J connectivity index is 1.52. The van der Waals surface area contributed by atoms with Crippen LogP contribution in [0.5, 0.6) is 0 Å². The summed E-state index contributed by atoms with van der Waals surface area (Å²) in [6.45, 7) is 0.608. The van der Waals surface area contributed by atoms with Gasteiger partial charge >= 0.3 is 0 Å². The molecule has 0 radical (unpaired) electrons. The van der Waals surface area contributed by atoms with E-state index in [1.807, 2.05) is 59.2 Å². The lowest BCUT2D eigenvalue weighted by Crippen LogP contribution is -2.14. The van der Waals surface area contributed by atoms with Crippen molar-refractivity contribution in [2.24, 2.45) is 0 Å². The number of amides is 1. The number of furan rings is 1. The SMILES string of the molecule is O=C(CSc1nnc(-c2ccoc2)n1Cc1ccccc1)Nc1ccccc1. The van der Waals surface area contributed by atoms with Gasteiger partial charge < -0.3 is 9.73 Å². The van der Waals surface area contributed by atoms with Crippen LogP contribution >= 0.6 is 11.8 Å². The Morgan fingerprint density at radius 2 is 1.75 bits per heavy atom. The first-order valence-electron chi connectivity index (χ1n) is 8.77. The fourth-order valence-electron chi connectivity index (χ4n) is 2.76. The average Bonchev–Trinajstić information content (AvgIpc) is 3.38. The minimum absolute atomic E-state index is 0.0877. The van der Waals surface area contributed by atoms with Gasteiger partial charge in [0.15, 0.2) is 11.0 Å². The summed E-state index contributed by atoms with van der Waals surface area (Å²) in [7, 11) is 0. The normalized spacial score (nSPS) is 10.7. The average molecular weight is 390 g/mol. The molecule has 4 aromatic rings. The Bertz CT molecular complexity index is 1030. The number of aromatic nitrogens is 3. The summed E-state index contributed by atoms with van der Waals surface area (Å²) < 4.78 is 7.20. The van der Waals surface area contributed by atoms with Crippen LogP contribution in [0.15, 0.2) is 88.8 Å². The van der Waals surface area contributed by atoms with Crippen LogP contribution in [0, 0.1) is 0 Å². The Morgan fingerprint density at radius 3 is 2.46 bits per heavy atom. The van der Waals surface area contributed by atoms with Gasteiger partial charge in [0, 0.05) is 5.69 Å². The largest absolute Gasteiger partial charge is 0.472 e. The number of rotatable bonds is 7. The number of anilines is 1. The minimum Gasteiger partial charge on any atom is -0.472 e. The number of thioether (sulfide) groups is 1. The van der Waals surface area contributed by atoms with E-state index in [9.17, 15) is 4.79 Å². The molecule has 4 rings (SSSR count). The third-order valence-electron chi connectivity index (χ3n) is 4.07. The molecule has 2 aromatic carbocycles. The third kappa shape index (κ3) is 4.32. The maximum atomic E-state index is 12.3. The zero-order valence-corrected chi connectivity index (χ0v) is 15.8. The van der Waals surface area contributed by atoms with E-state index in [0.717, 1.165) is 16.8 Å². The number of benzene rings is 2. The number of carbonyl (C=O) groups is 1. The van der Waals surface area contributed by atoms with Crippen molar-refractivity contribution in [1.82, 2.24) is 14.8 Å². The number of para-hydroxylation sites is 1. The van der Waals surface area contributed by atoms with Crippen LogP contribution in [0.1, 0.15) is 5.56 Å². The van der Waals surface area contributed by atoms with Gasteiger partial charge in [0.1, 0.15) is 6.26 Å². The lowest BCUT2D eigenvalue weighted by Gasteiger charge is -2.10. The van der Waals surface area contributed by atoms with Crippen LogP contribution < -0.4 is 5.32 Å². The first kappa shape index (κ1) is 18.1. The van der Waals surface area contributed by atoms with E-state index in [-0.39, 0.29) is 11.7 Å². The highest BCUT2D eigenvalue weighted by atomic mass is 32.2.